The Balaban J connectivity index is 2.07. The van der Waals surface area contributed by atoms with Gasteiger partial charge in [0.25, 0.3) is 0 Å². The van der Waals surface area contributed by atoms with Gasteiger partial charge in [0.2, 0.25) is 0 Å². The van der Waals surface area contributed by atoms with Gasteiger partial charge in [0, 0.05) is 11.1 Å². The van der Waals surface area contributed by atoms with Gasteiger partial charge in [0.05, 0.1) is 6.04 Å². The highest BCUT2D eigenvalue weighted by Gasteiger charge is 2.00. The first-order valence-electron chi connectivity index (χ1n) is 4.98. The van der Waals surface area contributed by atoms with Crippen LogP contribution in [0.25, 0.3) is 0 Å². The normalized spacial score (nSPS) is 13.1. The Morgan fingerprint density at radius 1 is 1.13 bits per heavy atom. The number of hydrogen-bond acceptors (Lipinski definition) is 2. The Morgan fingerprint density at radius 2 is 1.93 bits per heavy atom. The van der Waals surface area contributed by atoms with Crippen molar-refractivity contribution in [3.8, 4) is 0 Å². The lowest BCUT2D eigenvalue weighted by Gasteiger charge is -2.04. The molecule has 1 heterocycles. The van der Waals surface area contributed by atoms with Crippen molar-refractivity contribution in [3.63, 3.8) is 0 Å². The molecule has 0 radical (unpaired) electrons. The maximum absolute atomic E-state index is 4.52. The molecule has 2 rings (SSSR count). The van der Waals surface area contributed by atoms with E-state index in [9.17, 15) is 0 Å². The fourth-order valence-corrected chi connectivity index (χ4v) is 1.96. The second kappa shape index (κ2) is 4.89. The zero-order valence-electron chi connectivity index (χ0n) is 8.63. The van der Waals surface area contributed by atoms with Gasteiger partial charge in [-0.2, -0.15) is 0 Å². The van der Waals surface area contributed by atoms with Crippen LogP contribution in [0.3, 0.4) is 0 Å². The maximum atomic E-state index is 4.52. The minimum atomic E-state index is 0.230. The van der Waals surface area contributed by atoms with E-state index in [0.717, 1.165) is 0 Å². The molecule has 0 saturated heterocycles. The van der Waals surface area contributed by atoms with Gasteiger partial charge >= 0.3 is 0 Å². The van der Waals surface area contributed by atoms with Crippen molar-refractivity contribution < 1.29 is 0 Å². The molecular weight excluding hydrogens is 202 g/mol. The zero-order valence-corrected chi connectivity index (χ0v) is 9.45. The SMILES string of the molecule is C[C@@H](N=Cc1cccs1)c1ccccc1. The lowest BCUT2D eigenvalue weighted by molar-refractivity contribution is 0.825. The first-order chi connectivity index (χ1) is 7.36. The lowest BCUT2D eigenvalue weighted by Crippen LogP contribution is -1.89. The first-order valence-corrected chi connectivity index (χ1v) is 5.86. The van der Waals surface area contributed by atoms with Crippen LogP contribution in [0.1, 0.15) is 23.4 Å². The summed E-state index contributed by atoms with van der Waals surface area (Å²) in [5, 5.41) is 2.06. The molecule has 76 valence electrons. The summed E-state index contributed by atoms with van der Waals surface area (Å²) < 4.78 is 0. The van der Waals surface area contributed by atoms with E-state index in [1.165, 1.54) is 10.4 Å². The smallest absolute Gasteiger partial charge is 0.0721 e. The Morgan fingerprint density at radius 3 is 2.60 bits per heavy atom. The quantitative estimate of drug-likeness (QED) is 0.688. The molecule has 1 aromatic carbocycles. The third-order valence-corrected chi connectivity index (χ3v) is 3.06. The van der Waals surface area contributed by atoms with Crippen LogP contribution in [0.5, 0.6) is 0 Å². The molecular formula is C13H13NS. The van der Waals surface area contributed by atoms with Crippen LogP contribution in [0, 0.1) is 0 Å². The lowest BCUT2D eigenvalue weighted by atomic mass is 10.1. The van der Waals surface area contributed by atoms with Gasteiger partial charge < -0.3 is 0 Å². The third kappa shape index (κ3) is 2.77. The summed E-state index contributed by atoms with van der Waals surface area (Å²) in [6, 6.07) is 14.7. The van der Waals surface area contributed by atoms with Crippen molar-refractivity contribution in [1.82, 2.24) is 0 Å². The summed E-state index contributed by atoms with van der Waals surface area (Å²) in [5.41, 5.74) is 1.25. The summed E-state index contributed by atoms with van der Waals surface area (Å²) in [6.45, 7) is 2.11. The van der Waals surface area contributed by atoms with E-state index in [4.69, 9.17) is 0 Å². The summed E-state index contributed by atoms with van der Waals surface area (Å²) in [4.78, 5) is 5.73. The summed E-state index contributed by atoms with van der Waals surface area (Å²) in [6.07, 6.45) is 1.95. The second-order valence-electron chi connectivity index (χ2n) is 3.38. The molecule has 0 aliphatic carbocycles. The van der Waals surface area contributed by atoms with Crippen molar-refractivity contribution in [2.24, 2.45) is 4.99 Å². The monoisotopic (exact) mass is 215 g/mol. The number of rotatable bonds is 3. The average Bonchev–Trinajstić information content (AvgIpc) is 2.80. The highest BCUT2D eigenvalue weighted by Crippen LogP contribution is 2.16. The molecule has 1 atom stereocenters. The summed E-state index contributed by atoms with van der Waals surface area (Å²) >= 11 is 1.71. The molecule has 2 heteroatoms. The largest absolute Gasteiger partial charge is 0.284 e. The van der Waals surface area contributed by atoms with E-state index >= 15 is 0 Å². The van der Waals surface area contributed by atoms with E-state index < -0.39 is 0 Å². The van der Waals surface area contributed by atoms with Crippen molar-refractivity contribution in [2.45, 2.75) is 13.0 Å². The standard InChI is InChI=1S/C13H13NS/c1-11(12-6-3-2-4-7-12)14-10-13-8-5-9-15-13/h2-11H,1H3/t11-/m1/s1. The number of hydrogen-bond donors (Lipinski definition) is 0. The minimum Gasteiger partial charge on any atom is -0.284 e. The van der Waals surface area contributed by atoms with Gasteiger partial charge in [0.1, 0.15) is 0 Å². The molecule has 0 spiro atoms. The molecule has 0 aliphatic rings. The van der Waals surface area contributed by atoms with E-state index in [-0.39, 0.29) is 6.04 Å². The minimum absolute atomic E-state index is 0.230. The molecule has 0 N–H and O–H groups in total. The van der Waals surface area contributed by atoms with E-state index in [1.54, 1.807) is 11.3 Å². The molecule has 0 saturated carbocycles. The van der Waals surface area contributed by atoms with Crippen molar-refractivity contribution in [2.75, 3.05) is 0 Å². The van der Waals surface area contributed by atoms with Crippen LogP contribution in [0.2, 0.25) is 0 Å². The second-order valence-corrected chi connectivity index (χ2v) is 4.36. The fraction of sp³-hybridized carbons (Fsp3) is 0.154. The molecule has 0 amide bonds. The van der Waals surface area contributed by atoms with Crippen LogP contribution in [0.15, 0.2) is 52.8 Å². The molecule has 15 heavy (non-hydrogen) atoms. The number of benzene rings is 1. The molecule has 0 fully saturated rings. The molecule has 0 aliphatic heterocycles. The zero-order chi connectivity index (χ0) is 10.5. The van der Waals surface area contributed by atoms with Crippen molar-refractivity contribution >= 4 is 17.6 Å². The summed E-state index contributed by atoms with van der Waals surface area (Å²) in [5.74, 6) is 0. The van der Waals surface area contributed by atoms with Crippen molar-refractivity contribution in [3.05, 3.63) is 58.3 Å². The topological polar surface area (TPSA) is 12.4 Å². The highest BCUT2D eigenvalue weighted by atomic mass is 32.1. The number of aliphatic imine (C=N–C) groups is 1. The van der Waals surface area contributed by atoms with Gasteiger partial charge in [-0.25, -0.2) is 0 Å². The van der Waals surface area contributed by atoms with Crippen LogP contribution >= 0.6 is 11.3 Å². The van der Waals surface area contributed by atoms with E-state index in [2.05, 4.69) is 35.5 Å². The van der Waals surface area contributed by atoms with Gasteiger partial charge in [-0.3, -0.25) is 4.99 Å². The Labute approximate surface area is 94.1 Å². The number of thiophene rings is 1. The van der Waals surface area contributed by atoms with Gasteiger partial charge in [0.15, 0.2) is 0 Å². The van der Waals surface area contributed by atoms with E-state index in [0.29, 0.717) is 0 Å². The number of nitrogens with zero attached hydrogens (tertiary/aromatic N) is 1. The van der Waals surface area contributed by atoms with Gasteiger partial charge in [-0.1, -0.05) is 36.4 Å². The predicted molar refractivity (Wildman–Crippen MR) is 66.8 cm³/mol. The fourth-order valence-electron chi connectivity index (χ4n) is 1.37. The van der Waals surface area contributed by atoms with Crippen molar-refractivity contribution in [1.29, 1.82) is 0 Å². The molecule has 0 bridgehead atoms. The molecule has 0 unspecified atom stereocenters. The summed E-state index contributed by atoms with van der Waals surface area (Å²) in [7, 11) is 0. The first kappa shape index (κ1) is 10.1. The maximum Gasteiger partial charge on any atom is 0.0721 e. The van der Waals surface area contributed by atoms with Gasteiger partial charge in [-0.05, 0) is 23.9 Å². The Hall–Kier alpha value is -1.41. The molecule has 1 aromatic heterocycles. The van der Waals surface area contributed by atoms with Crippen LogP contribution < -0.4 is 0 Å². The molecule has 2 aromatic rings. The van der Waals surface area contributed by atoms with Crippen LogP contribution in [-0.4, -0.2) is 6.21 Å². The Kier molecular flexibility index (Phi) is 3.30. The van der Waals surface area contributed by atoms with Crippen LogP contribution in [0.4, 0.5) is 0 Å². The predicted octanol–water partition coefficient (Wildman–Crippen LogP) is 3.93. The third-order valence-electron chi connectivity index (χ3n) is 2.25. The average molecular weight is 215 g/mol. The van der Waals surface area contributed by atoms with Crippen LogP contribution in [-0.2, 0) is 0 Å². The molecule has 1 nitrogen and oxygen atoms in total. The Bertz CT molecular complexity index is 417. The van der Waals surface area contributed by atoms with E-state index in [1.807, 2.05) is 30.5 Å². The van der Waals surface area contributed by atoms with Gasteiger partial charge in [-0.15, -0.1) is 11.3 Å². The highest BCUT2D eigenvalue weighted by molar-refractivity contribution is 7.11.